The van der Waals surface area contributed by atoms with Gasteiger partial charge in [-0.3, -0.25) is 9.59 Å². The van der Waals surface area contributed by atoms with Gasteiger partial charge in [-0.2, -0.15) is 0 Å². The average Bonchev–Trinajstić information content (AvgIpc) is 3.40. The topological polar surface area (TPSA) is 61.4 Å². The molecular formula is C18H25N3O2. The van der Waals surface area contributed by atoms with Gasteiger partial charge in [0.15, 0.2) is 0 Å². The lowest BCUT2D eigenvalue weighted by molar-refractivity contribution is -0.121. The number of benzene rings is 1. The van der Waals surface area contributed by atoms with Crippen LogP contribution < -0.4 is 10.6 Å². The molecule has 1 saturated heterocycles. The highest BCUT2D eigenvalue weighted by atomic mass is 16.2. The zero-order chi connectivity index (χ0) is 16.1. The molecule has 1 aromatic rings. The predicted octanol–water partition coefficient (Wildman–Crippen LogP) is 1.41. The molecule has 0 bridgehead atoms. The van der Waals surface area contributed by atoms with Crippen molar-refractivity contribution in [3.05, 3.63) is 35.9 Å². The highest BCUT2D eigenvalue weighted by Gasteiger charge is 2.25. The third kappa shape index (κ3) is 4.79. The van der Waals surface area contributed by atoms with Crippen LogP contribution in [0.5, 0.6) is 0 Å². The summed E-state index contributed by atoms with van der Waals surface area (Å²) in [5.41, 5.74) is 0.735. The Kier molecular flexibility index (Phi) is 5.28. The lowest BCUT2D eigenvalue weighted by Gasteiger charge is -2.32. The van der Waals surface area contributed by atoms with Gasteiger partial charge in [-0.1, -0.05) is 18.2 Å². The van der Waals surface area contributed by atoms with Gasteiger partial charge >= 0.3 is 0 Å². The molecule has 1 aromatic carbocycles. The highest BCUT2D eigenvalue weighted by Crippen LogP contribution is 2.27. The normalized spacial score (nSPS) is 18.7. The van der Waals surface area contributed by atoms with E-state index in [-0.39, 0.29) is 17.9 Å². The van der Waals surface area contributed by atoms with Gasteiger partial charge in [-0.15, -0.1) is 0 Å². The molecule has 5 nitrogen and oxygen atoms in total. The molecule has 0 radical (unpaired) electrons. The summed E-state index contributed by atoms with van der Waals surface area (Å²) in [7, 11) is 0. The first-order valence-electron chi connectivity index (χ1n) is 8.57. The fourth-order valence-corrected chi connectivity index (χ4v) is 2.98. The van der Waals surface area contributed by atoms with Gasteiger partial charge in [-0.05, 0) is 50.3 Å². The van der Waals surface area contributed by atoms with Crippen LogP contribution in [0, 0.1) is 5.92 Å². The molecule has 23 heavy (non-hydrogen) atoms. The van der Waals surface area contributed by atoms with Gasteiger partial charge in [0.25, 0.3) is 5.91 Å². The molecule has 1 aliphatic carbocycles. The molecule has 0 spiro atoms. The Balaban J connectivity index is 1.37. The van der Waals surface area contributed by atoms with Crippen molar-refractivity contribution in [3.63, 3.8) is 0 Å². The SMILES string of the molecule is O=C(CNCC1CC1)NC1CCN(C(=O)c2ccccc2)CC1. The van der Waals surface area contributed by atoms with Crippen molar-refractivity contribution < 1.29 is 9.59 Å². The van der Waals surface area contributed by atoms with E-state index in [2.05, 4.69) is 10.6 Å². The van der Waals surface area contributed by atoms with Crippen LogP contribution in [0.3, 0.4) is 0 Å². The van der Waals surface area contributed by atoms with Crippen molar-refractivity contribution in [2.75, 3.05) is 26.2 Å². The second kappa shape index (κ2) is 7.59. The minimum atomic E-state index is 0.0680. The maximum atomic E-state index is 12.4. The third-order valence-corrected chi connectivity index (χ3v) is 4.58. The minimum absolute atomic E-state index is 0.0680. The Bertz CT molecular complexity index is 534. The largest absolute Gasteiger partial charge is 0.352 e. The standard InChI is InChI=1S/C18H25N3O2/c22-17(13-19-12-14-6-7-14)20-16-8-10-21(11-9-16)18(23)15-4-2-1-3-5-15/h1-5,14,16,19H,6-13H2,(H,20,22). The van der Waals surface area contributed by atoms with Gasteiger partial charge in [0.1, 0.15) is 0 Å². The molecule has 2 aliphatic rings. The van der Waals surface area contributed by atoms with E-state index in [9.17, 15) is 9.59 Å². The molecule has 1 saturated carbocycles. The summed E-state index contributed by atoms with van der Waals surface area (Å²) in [6, 6.07) is 9.56. The summed E-state index contributed by atoms with van der Waals surface area (Å²) in [5, 5.41) is 6.28. The molecule has 1 aliphatic heterocycles. The van der Waals surface area contributed by atoms with Crippen LogP contribution >= 0.6 is 0 Å². The number of likely N-dealkylation sites (tertiary alicyclic amines) is 1. The highest BCUT2D eigenvalue weighted by molar-refractivity contribution is 5.94. The number of piperidine rings is 1. The number of rotatable bonds is 6. The number of carbonyl (C=O) groups excluding carboxylic acids is 2. The van der Waals surface area contributed by atoms with E-state index < -0.39 is 0 Å². The molecule has 0 atom stereocenters. The lowest BCUT2D eigenvalue weighted by Crippen LogP contribution is -2.48. The number of hydrogen-bond donors (Lipinski definition) is 2. The summed E-state index contributed by atoms with van der Waals surface area (Å²) < 4.78 is 0. The van der Waals surface area contributed by atoms with Crippen molar-refractivity contribution in [3.8, 4) is 0 Å². The Hall–Kier alpha value is -1.88. The molecule has 0 unspecified atom stereocenters. The summed E-state index contributed by atoms with van der Waals surface area (Å²) >= 11 is 0. The van der Waals surface area contributed by atoms with E-state index in [0.29, 0.717) is 19.6 Å². The van der Waals surface area contributed by atoms with E-state index in [1.807, 2.05) is 35.2 Å². The first kappa shape index (κ1) is 16.0. The molecule has 0 aromatic heterocycles. The van der Waals surface area contributed by atoms with Gasteiger partial charge in [0.2, 0.25) is 5.91 Å². The summed E-state index contributed by atoms with van der Waals surface area (Å²) in [4.78, 5) is 26.1. The molecular weight excluding hydrogens is 290 g/mol. The quantitative estimate of drug-likeness (QED) is 0.834. The molecule has 3 rings (SSSR count). The smallest absolute Gasteiger partial charge is 0.253 e. The molecule has 1 heterocycles. The lowest BCUT2D eigenvalue weighted by atomic mass is 10.0. The van der Waals surface area contributed by atoms with Crippen molar-refractivity contribution in [1.29, 1.82) is 0 Å². The van der Waals surface area contributed by atoms with Gasteiger partial charge in [0.05, 0.1) is 6.54 Å². The van der Waals surface area contributed by atoms with E-state index in [4.69, 9.17) is 0 Å². The maximum absolute atomic E-state index is 12.4. The molecule has 2 N–H and O–H groups in total. The molecule has 2 amide bonds. The van der Waals surface area contributed by atoms with E-state index >= 15 is 0 Å². The summed E-state index contributed by atoms with van der Waals surface area (Å²) in [5.74, 6) is 0.940. The Morgan fingerprint density at radius 2 is 1.74 bits per heavy atom. The monoisotopic (exact) mass is 315 g/mol. The van der Waals surface area contributed by atoms with E-state index in [0.717, 1.165) is 30.9 Å². The van der Waals surface area contributed by atoms with Crippen LogP contribution in [0.2, 0.25) is 0 Å². The average molecular weight is 315 g/mol. The van der Waals surface area contributed by atoms with Crippen LogP contribution in [0.25, 0.3) is 0 Å². The number of nitrogens with one attached hydrogen (secondary N) is 2. The van der Waals surface area contributed by atoms with Crippen molar-refractivity contribution in [2.24, 2.45) is 5.92 Å². The zero-order valence-electron chi connectivity index (χ0n) is 13.5. The number of amides is 2. The Morgan fingerprint density at radius 1 is 1.04 bits per heavy atom. The van der Waals surface area contributed by atoms with Gasteiger partial charge in [0, 0.05) is 24.7 Å². The van der Waals surface area contributed by atoms with Crippen LogP contribution in [-0.4, -0.2) is 48.9 Å². The fraction of sp³-hybridized carbons (Fsp3) is 0.556. The molecule has 5 heteroatoms. The zero-order valence-corrected chi connectivity index (χ0v) is 13.5. The predicted molar refractivity (Wildman–Crippen MR) is 89.1 cm³/mol. The first-order valence-corrected chi connectivity index (χ1v) is 8.57. The molecule has 2 fully saturated rings. The van der Waals surface area contributed by atoms with Gasteiger partial charge < -0.3 is 15.5 Å². The number of carbonyl (C=O) groups is 2. The maximum Gasteiger partial charge on any atom is 0.253 e. The number of hydrogen-bond acceptors (Lipinski definition) is 3. The van der Waals surface area contributed by atoms with Crippen LogP contribution in [-0.2, 0) is 4.79 Å². The van der Waals surface area contributed by atoms with Crippen molar-refractivity contribution in [2.45, 2.75) is 31.7 Å². The van der Waals surface area contributed by atoms with Crippen LogP contribution in [0.4, 0.5) is 0 Å². The van der Waals surface area contributed by atoms with Crippen LogP contribution in [0.15, 0.2) is 30.3 Å². The second-order valence-electron chi connectivity index (χ2n) is 6.57. The van der Waals surface area contributed by atoms with Crippen molar-refractivity contribution >= 4 is 11.8 Å². The molecule has 124 valence electrons. The minimum Gasteiger partial charge on any atom is -0.352 e. The fourth-order valence-electron chi connectivity index (χ4n) is 2.98. The third-order valence-electron chi connectivity index (χ3n) is 4.58. The van der Waals surface area contributed by atoms with E-state index in [1.54, 1.807) is 0 Å². The van der Waals surface area contributed by atoms with E-state index in [1.165, 1.54) is 12.8 Å². The summed E-state index contributed by atoms with van der Waals surface area (Å²) in [6.45, 7) is 2.76. The van der Waals surface area contributed by atoms with Crippen molar-refractivity contribution in [1.82, 2.24) is 15.5 Å². The second-order valence-corrected chi connectivity index (χ2v) is 6.57. The summed E-state index contributed by atoms with van der Waals surface area (Å²) in [6.07, 6.45) is 4.24. The first-order chi connectivity index (χ1) is 11.2. The Labute approximate surface area is 137 Å². The number of nitrogens with zero attached hydrogens (tertiary/aromatic N) is 1. The Morgan fingerprint density at radius 3 is 2.39 bits per heavy atom. The van der Waals surface area contributed by atoms with Crippen LogP contribution in [0.1, 0.15) is 36.0 Å². The van der Waals surface area contributed by atoms with Gasteiger partial charge in [-0.25, -0.2) is 0 Å².